The average Bonchev–Trinajstić information content (AvgIpc) is 2.83. The summed E-state index contributed by atoms with van der Waals surface area (Å²) in [5, 5.41) is 13.3. The summed E-state index contributed by atoms with van der Waals surface area (Å²) in [6.07, 6.45) is 7.53. The average molecular weight is 339 g/mol. The van der Waals surface area contributed by atoms with E-state index in [9.17, 15) is 5.11 Å². The number of imidazole rings is 1. The summed E-state index contributed by atoms with van der Waals surface area (Å²) in [7, 11) is 0. The molecule has 2 aromatic heterocycles. The Morgan fingerprint density at radius 1 is 1.45 bits per heavy atom. The molecule has 2 N–H and O–H groups in total. The van der Waals surface area contributed by atoms with Crippen molar-refractivity contribution in [2.75, 3.05) is 6.54 Å². The minimum Gasteiger partial charge on any atom is -0.392 e. The lowest BCUT2D eigenvalue weighted by atomic mass is 9.97. The van der Waals surface area contributed by atoms with E-state index in [1.807, 2.05) is 18.6 Å². The van der Waals surface area contributed by atoms with Crippen LogP contribution in [0.5, 0.6) is 0 Å². The number of pyridine rings is 1. The van der Waals surface area contributed by atoms with Gasteiger partial charge in [-0.3, -0.25) is 0 Å². The highest BCUT2D eigenvalue weighted by Crippen LogP contribution is 2.18. The van der Waals surface area contributed by atoms with Crippen molar-refractivity contribution < 1.29 is 5.11 Å². The van der Waals surface area contributed by atoms with Crippen molar-refractivity contribution >= 4 is 27.0 Å². The predicted molar refractivity (Wildman–Crippen MR) is 81.5 cm³/mol. The Morgan fingerprint density at radius 3 is 3.20 bits per heavy atom. The van der Waals surface area contributed by atoms with Crippen LogP contribution < -0.4 is 5.32 Å². The van der Waals surface area contributed by atoms with E-state index in [1.165, 1.54) is 0 Å². The van der Waals surface area contributed by atoms with E-state index >= 15 is 0 Å². The Hall–Kier alpha value is -0.980. The van der Waals surface area contributed by atoms with Crippen LogP contribution in [-0.2, 0) is 6.54 Å². The Labute approximate surface area is 126 Å². The Kier molecular flexibility index (Phi) is 4.33. The normalized spacial score (nSPS) is 23.3. The molecular weight excluding hydrogens is 320 g/mol. The molecule has 108 valence electrons. The number of nitrogens with one attached hydrogen (secondary N) is 1. The molecule has 0 saturated carbocycles. The quantitative estimate of drug-likeness (QED) is 0.838. The van der Waals surface area contributed by atoms with E-state index in [0.717, 1.165) is 54.4 Å². The van der Waals surface area contributed by atoms with Crippen LogP contribution in [0.4, 0.5) is 0 Å². The number of aliphatic hydroxyl groups excluding tert-OH is 1. The van der Waals surface area contributed by atoms with E-state index < -0.39 is 0 Å². The number of aryl methyl sites for hydroxylation is 1. The highest BCUT2D eigenvalue weighted by atomic mass is 79.9. The van der Waals surface area contributed by atoms with Gasteiger partial charge in [0.05, 0.1) is 29.7 Å². The highest BCUT2D eigenvalue weighted by Gasteiger charge is 2.21. The lowest BCUT2D eigenvalue weighted by Crippen LogP contribution is -2.44. The third-order valence-corrected chi connectivity index (χ3v) is 4.37. The smallest absolute Gasteiger partial charge is 0.108 e. The van der Waals surface area contributed by atoms with E-state index in [1.54, 1.807) is 0 Å². The molecule has 0 aliphatic carbocycles. The first-order valence-corrected chi connectivity index (χ1v) is 7.91. The summed E-state index contributed by atoms with van der Waals surface area (Å²) >= 11 is 3.36. The van der Waals surface area contributed by atoms with Crippen LogP contribution in [0.15, 0.2) is 23.2 Å². The standard InChI is InChI=1S/C14H19BrN4O/c15-14-7-11-12(8-17-14)19(9-18-11)6-2-3-10-13(20)4-1-5-16-10/h7-10,13,16,20H,1-6H2/t10-,13+/m1/s1. The van der Waals surface area contributed by atoms with Crippen LogP contribution in [0, 0.1) is 0 Å². The van der Waals surface area contributed by atoms with Gasteiger partial charge in [-0.25, -0.2) is 9.97 Å². The van der Waals surface area contributed by atoms with Crippen molar-refractivity contribution in [2.45, 2.75) is 44.4 Å². The number of hydrogen-bond donors (Lipinski definition) is 2. The maximum absolute atomic E-state index is 9.93. The van der Waals surface area contributed by atoms with Crippen LogP contribution in [0.3, 0.4) is 0 Å². The van der Waals surface area contributed by atoms with Crippen molar-refractivity contribution in [1.82, 2.24) is 19.9 Å². The minimum absolute atomic E-state index is 0.194. The summed E-state index contributed by atoms with van der Waals surface area (Å²) in [6.45, 7) is 1.93. The van der Waals surface area contributed by atoms with E-state index in [2.05, 4.69) is 35.8 Å². The Bertz CT molecular complexity index is 586. The zero-order valence-electron chi connectivity index (χ0n) is 11.3. The van der Waals surface area contributed by atoms with Gasteiger partial charge >= 0.3 is 0 Å². The third kappa shape index (κ3) is 3.02. The highest BCUT2D eigenvalue weighted by molar-refractivity contribution is 9.10. The number of fused-ring (bicyclic) bond motifs is 1. The van der Waals surface area contributed by atoms with Crippen molar-refractivity contribution in [3.63, 3.8) is 0 Å². The lowest BCUT2D eigenvalue weighted by molar-refractivity contribution is 0.0909. The summed E-state index contributed by atoms with van der Waals surface area (Å²) in [5.74, 6) is 0. The fourth-order valence-corrected chi connectivity index (χ4v) is 3.14. The van der Waals surface area contributed by atoms with Crippen LogP contribution in [-0.4, -0.2) is 38.3 Å². The van der Waals surface area contributed by atoms with E-state index in [-0.39, 0.29) is 12.1 Å². The summed E-state index contributed by atoms with van der Waals surface area (Å²) in [4.78, 5) is 8.64. The van der Waals surface area contributed by atoms with Gasteiger partial charge in [0.2, 0.25) is 0 Å². The van der Waals surface area contributed by atoms with Gasteiger partial charge < -0.3 is 15.0 Å². The Balaban J connectivity index is 1.59. The van der Waals surface area contributed by atoms with Crippen molar-refractivity contribution in [3.8, 4) is 0 Å². The lowest BCUT2D eigenvalue weighted by Gasteiger charge is -2.28. The zero-order chi connectivity index (χ0) is 13.9. The molecule has 3 heterocycles. The first-order valence-electron chi connectivity index (χ1n) is 7.12. The van der Waals surface area contributed by atoms with Crippen molar-refractivity contribution in [3.05, 3.63) is 23.2 Å². The van der Waals surface area contributed by atoms with Crippen molar-refractivity contribution in [1.29, 1.82) is 0 Å². The number of halogens is 1. The number of piperidine rings is 1. The molecule has 0 bridgehead atoms. The molecule has 6 heteroatoms. The second-order valence-corrected chi connectivity index (χ2v) is 6.16. The molecule has 1 fully saturated rings. The summed E-state index contributed by atoms with van der Waals surface area (Å²) < 4.78 is 2.94. The topological polar surface area (TPSA) is 63.0 Å². The monoisotopic (exact) mass is 338 g/mol. The first-order chi connectivity index (χ1) is 9.74. The largest absolute Gasteiger partial charge is 0.392 e. The van der Waals surface area contributed by atoms with Gasteiger partial charge in [-0.05, 0) is 54.2 Å². The number of rotatable bonds is 4. The maximum atomic E-state index is 9.93. The molecule has 0 radical (unpaired) electrons. The van der Waals surface area contributed by atoms with Crippen LogP contribution in [0.25, 0.3) is 11.0 Å². The molecule has 0 aromatic carbocycles. The van der Waals surface area contributed by atoms with Gasteiger partial charge in [-0.2, -0.15) is 0 Å². The van der Waals surface area contributed by atoms with Gasteiger partial charge in [-0.1, -0.05) is 0 Å². The number of aromatic nitrogens is 3. The van der Waals surface area contributed by atoms with Gasteiger partial charge in [-0.15, -0.1) is 0 Å². The molecule has 2 atom stereocenters. The Morgan fingerprint density at radius 2 is 2.35 bits per heavy atom. The molecule has 0 unspecified atom stereocenters. The van der Waals surface area contributed by atoms with Gasteiger partial charge in [0.1, 0.15) is 4.60 Å². The van der Waals surface area contributed by atoms with Crippen molar-refractivity contribution in [2.24, 2.45) is 0 Å². The van der Waals surface area contributed by atoms with Gasteiger partial charge in [0.25, 0.3) is 0 Å². The van der Waals surface area contributed by atoms with Gasteiger partial charge in [0, 0.05) is 12.6 Å². The van der Waals surface area contributed by atoms with Crippen LogP contribution in [0.2, 0.25) is 0 Å². The minimum atomic E-state index is -0.194. The van der Waals surface area contributed by atoms with E-state index in [4.69, 9.17) is 0 Å². The molecule has 2 aromatic rings. The molecule has 1 aliphatic heterocycles. The maximum Gasteiger partial charge on any atom is 0.108 e. The van der Waals surface area contributed by atoms with Crippen LogP contribution >= 0.6 is 15.9 Å². The number of aliphatic hydroxyl groups is 1. The first kappa shape index (κ1) is 14.0. The second-order valence-electron chi connectivity index (χ2n) is 5.35. The number of hydrogen-bond acceptors (Lipinski definition) is 4. The summed E-state index contributed by atoms with van der Waals surface area (Å²) in [6, 6.07) is 2.17. The predicted octanol–water partition coefficient (Wildman–Crippen LogP) is 2.09. The second kappa shape index (κ2) is 6.20. The fourth-order valence-electron chi connectivity index (χ4n) is 2.82. The van der Waals surface area contributed by atoms with E-state index in [0.29, 0.717) is 0 Å². The third-order valence-electron chi connectivity index (χ3n) is 3.94. The summed E-state index contributed by atoms with van der Waals surface area (Å²) in [5.41, 5.74) is 2.02. The van der Waals surface area contributed by atoms with Crippen LogP contribution in [0.1, 0.15) is 25.7 Å². The molecule has 3 rings (SSSR count). The molecule has 5 nitrogen and oxygen atoms in total. The van der Waals surface area contributed by atoms with Gasteiger partial charge in [0.15, 0.2) is 0 Å². The molecule has 0 spiro atoms. The SMILES string of the molecule is O[C@H]1CCCN[C@@H]1CCCn1cnc2cc(Br)ncc21. The molecule has 1 aliphatic rings. The molecule has 20 heavy (non-hydrogen) atoms. The fraction of sp³-hybridized carbons (Fsp3) is 0.571. The number of nitrogens with zero attached hydrogens (tertiary/aromatic N) is 3. The zero-order valence-corrected chi connectivity index (χ0v) is 12.9. The molecule has 0 amide bonds. The molecular formula is C14H19BrN4O. The molecule has 1 saturated heterocycles.